The van der Waals surface area contributed by atoms with E-state index in [9.17, 15) is 8.42 Å². The van der Waals surface area contributed by atoms with Crippen LogP contribution in [-0.2, 0) is 16.6 Å². The van der Waals surface area contributed by atoms with Gasteiger partial charge in [0.2, 0.25) is 10.0 Å². The molecule has 0 radical (unpaired) electrons. The van der Waals surface area contributed by atoms with Crippen LogP contribution >= 0.6 is 27.3 Å². The highest BCUT2D eigenvalue weighted by atomic mass is 79.9. The second-order valence-corrected chi connectivity index (χ2v) is 8.13. The zero-order valence-electron chi connectivity index (χ0n) is 10.7. The standard InChI is InChI=1S/C9H13BrN6O2S2/c1-5(9-12-15-16-13-9)14-20(17,18)7-3-6(4-11-2)19-8(7)10/h3,5,11,14H,4H2,1-2H3,(H,12,13,15,16). The van der Waals surface area contributed by atoms with E-state index in [0.717, 1.165) is 4.88 Å². The average molecular weight is 381 g/mol. The molecule has 0 aliphatic carbocycles. The lowest BCUT2D eigenvalue weighted by Gasteiger charge is -2.09. The smallest absolute Gasteiger partial charge is 0.243 e. The average Bonchev–Trinajstić information content (AvgIpc) is 2.98. The minimum atomic E-state index is -3.65. The maximum atomic E-state index is 12.3. The SMILES string of the molecule is CNCc1cc(S(=O)(=O)NC(C)c2nn[nH]n2)c(Br)s1. The Balaban J connectivity index is 2.22. The van der Waals surface area contributed by atoms with Gasteiger partial charge in [0.25, 0.3) is 0 Å². The summed E-state index contributed by atoms with van der Waals surface area (Å²) in [5.74, 6) is 0.287. The van der Waals surface area contributed by atoms with Crippen molar-refractivity contribution < 1.29 is 8.42 Å². The molecule has 1 unspecified atom stereocenters. The molecule has 11 heteroatoms. The molecule has 0 saturated carbocycles. The Morgan fingerprint density at radius 3 is 2.90 bits per heavy atom. The minimum Gasteiger partial charge on any atom is -0.315 e. The van der Waals surface area contributed by atoms with Gasteiger partial charge in [-0.3, -0.25) is 0 Å². The third-order valence-electron chi connectivity index (χ3n) is 2.43. The summed E-state index contributed by atoms with van der Waals surface area (Å²) in [6, 6.07) is 1.06. The van der Waals surface area contributed by atoms with Gasteiger partial charge in [0.1, 0.15) is 4.90 Å². The van der Waals surface area contributed by atoms with Gasteiger partial charge in [-0.15, -0.1) is 21.5 Å². The molecule has 0 aromatic carbocycles. The lowest BCUT2D eigenvalue weighted by molar-refractivity contribution is 0.560. The highest BCUT2D eigenvalue weighted by Crippen LogP contribution is 2.32. The van der Waals surface area contributed by atoms with E-state index in [2.05, 4.69) is 46.6 Å². The molecule has 0 amide bonds. The summed E-state index contributed by atoms with van der Waals surface area (Å²) in [7, 11) is -1.85. The highest BCUT2D eigenvalue weighted by molar-refractivity contribution is 9.11. The number of aromatic amines is 1. The summed E-state index contributed by atoms with van der Waals surface area (Å²) < 4.78 is 27.8. The molecule has 2 aromatic heterocycles. The first-order valence-corrected chi connectivity index (χ1v) is 8.72. The van der Waals surface area contributed by atoms with E-state index >= 15 is 0 Å². The van der Waals surface area contributed by atoms with E-state index in [1.54, 1.807) is 20.0 Å². The van der Waals surface area contributed by atoms with E-state index in [1.807, 2.05) is 0 Å². The Morgan fingerprint density at radius 2 is 2.30 bits per heavy atom. The van der Waals surface area contributed by atoms with Gasteiger partial charge in [-0.25, -0.2) is 13.1 Å². The van der Waals surface area contributed by atoms with E-state index in [-0.39, 0.29) is 10.7 Å². The Kier molecular flexibility index (Phi) is 4.86. The molecule has 2 aromatic rings. The summed E-state index contributed by atoms with van der Waals surface area (Å²) in [6.07, 6.45) is 0. The van der Waals surface area contributed by atoms with Crippen LogP contribution in [0, 0.1) is 0 Å². The monoisotopic (exact) mass is 380 g/mol. The van der Waals surface area contributed by atoms with Gasteiger partial charge >= 0.3 is 0 Å². The molecule has 8 nitrogen and oxygen atoms in total. The summed E-state index contributed by atoms with van der Waals surface area (Å²) in [6.45, 7) is 2.26. The van der Waals surface area contributed by atoms with E-state index in [4.69, 9.17) is 0 Å². The minimum absolute atomic E-state index is 0.211. The maximum absolute atomic E-state index is 12.3. The lowest BCUT2D eigenvalue weighted by Crippen LogP contribution is -2.27. The third-order valence-corrected chi connectivity index (χ3v) is 6.22. The molecule has 0 bridgehead atoms. The molecule has 20 heavy (non-hydrogen) atoms. The summed E-state index contributed by atoms with van der Waals surface area (Å²) in [4.78, 5) is 1.13. The van der Waals surface area contributed by atoms with Crippen LogP contribution in [0.25, 0.3) is 0 Å². The van der Waals surface area contributed by atoms with E-state index < -0.39 is 16.1 Å². The molecule has 0 spiro atoms. The molecule has 110 valence electrons. The fourth-order valence-electron chi connectivity index (χ4n) is 1.54. The number of sulfonamides is 1. The van der Waals surface area contributed by atoms with Crippen LogP contribution in [0.3, 0.4) is 0 Å². The zero-order valence-corrected chi connectivity index (χ0v) is 13.9. The molecule has 0 saturated heterocycles. The van der Waals surface area contributed by atoms with Gasteiger partial charge in [0.15, 0.2) is 5.82 Å². The number of hydrogen-bond donors (Lipinski definition) is 3. The van der Waals surface area contributed by atoms with Crippen molar-refractivity contribution >= 4 is 37.3 Å². The lowest BCUT2D eigenvalue weighted by atomic mass is 10.4. The summed E-state index contributed by atoms with van der Waals surface area (Å²) >= 11 is 4.66. The predicted octanol–water partition coefficient (Wildman–Crippen LogP) is 0.783. The van der Waals surface area contributed by atoms with Crippen LogP contribution in [0.5, 0.6) is 0 Å². The van der Waals surface area contributed by atoms with Gasteiger partial charge in [0, 0.05) is 11.4 Å². The Labute approximate surface area is 128 Å². The van der Waals surface area contributed by atoms with Gasteiger partial charge in [-0.2, -0.15) is 5.21 Å². The van der Waals surface area contributed by atoms with Crippen molar-refractivity contribution in [2.24, 2.45) is 0 Å². The topological polar surface area (TPSA) is 113 Å². The molecular formula is C9H13BrN6O2S2. The molecule has 0 aliphatic rings. The molecule has 1 atom stereocenters. The van der Waals surface area contributed by atoms with E-state index in [1.165, 1.54) is 11.3 Å². The van der Waals surface area contributed by atoms with Crippen LogP contribution in [0.2, 0.25) is 0 Å². The first-order valence-electron chi connectivity index (χ1n) is 5.62. The van der Waals surface area contributed by atoms with Crippen molar-refractivity contribution in [3.05, 3.63) is 20.6 Å². The number of H-pyrrole nitrogens is 1. The normalized spacial score (nSPS) is 13.6. The zero-order chi connectivity index (χ0) is 14.8. The summed E-state index contributed by atoms with van der Waals surface area (Å²) in [5.41, 5.74) is 0. The fraction of sp³-hybridized carbons (Fsp3) is 0.444. The van der Waals surface area contributed by atoms with Crippen LogP contribution < -0.4 is 10.0 Å². The van der Waals surface area contributed by atoms with E-state index in [0.29, 0.717) is 10.3 Å². The fourth-order valence-corrected chi connectivity index (χ4v) is 5.44. The predicted molar refractivity (Wildman–Crippen MR) is 77.7 cm³/mol. The molecule has 0 fully saturated rings. The Morgan fingerprint density at radius 1 is 1.55 bits per heavy atom. The number of halogens is 1. The number of thiophene rings is 1. The maximum Gasteiger partial charge on any atom is 0.243 e. The molecule has 2 heterocycles. The first kappa shape index (κ1) is 15.5. The quantitative estimate of drug-likeness (QED) is 0.682. The molecule has 0 aliphatic heterocycles. The van der Waals surface area contributed by atoms with Gasteiger partial charge < -0.3 is 5.32 Å². The first-order chi connectivity index (χ1) is 9.44. The number of tetrazole rings is 1. The molecule has 2 rings (SSSR count). The van der Waals surface area contributed by atoms with Crippen molar-refractivity contribution in [1.29, 1.82) is 0 Å². The number of nitrogens with one attached hydrogen (secondary N) is 3. The largest absolute Gasteiger partial charge is 0.315 e. The van der Waals surface area contributed by atoms with Crippen molar-refractivity contribution in [2.75, 3.05) is 7.05 Å². The van der Waals surface area contributed by atoms with Crippen LogP contribution in [0.1, 0.15) is 23.7 Å². The van der Waals surface area contributed by atoms with Crippen molar-refractivity contribution in [3.8, 4) is 0 Å². The number of rotatable bonds is 6. The van der Waals surface area contributed by atoms with Crippen LogP contribution in [-0.4, -0.2) is 36.1 Å². The summed E-state index contributed by atoms with van der Waals surface area (Å²) in [5, 5.41) is 16.2. The number of nitrogens with zero attached hydrogens (tertiary/aromatic N) is 3. The van der Waals surface area contributed by atoms with Crippen molar-refractivity contribution in [3.63, 3.8) is 0 Å². The third kappa shape index (κ3) is 3.41. The van der Waals surface area contributed by atoms with Gasteiger partial charge in [-0.05, 0) is 36.0 Å². The Hall–Kier alpha value is -0.880. The van der Waals surface area contributed by atoms with Gasteiger partial charge in [-0.1, -0.05) is 5.21 Å². The number of hydrogen-bond acceptors (Lipinski definition) is 7. The van der Waals surface area contributed by atoms with Crippen LogP contribution in [0.15, 0.2) is 14.7 Å². The second kappa shape index (κ2) is 6.26. The van der Waals surface area contributed by atoms with Crippen molar-refractivity contribution in [1.82, 2.24) is 30.7 Å². The highest BCUT2D eigenvalue weighted by Gasteiger charge is 2.24. The van der Waals surface area contributed by atoms with Gasteiger partial charge in [0.05, 0.1) is 9.83 Å². The van der Waals surface area contributed by atoms with Crippen molar-refractivity contribution in [2.45, 2.75) is 24.4 Å². The Bertz CT molecular complexity index is 669. The second-order valence-electron chi connectivity index (χ2n) is 3.99. The molecular weight excluding hydrogens is 368 g/mol. The molecule has 3 N–H and O–H groups in total. The van der Waals surface area contributed by atoms with Crippen LogP contribution in [0.4, 0.5) is 0 Å². The number of aromatic nitrogens is 4.